The van der Waals surface area contributed by atoms with E-state index in [4.69, 9.17) is 0 Å². The zero-order valence-electron chi connectivity index (χ0n) is 7.26. The van der Waals surface area contributed by atoms with E-state index in [9.17, 15) is 0 Å². The maximum Gasteiger partial charge on any atom is 0.0208 e. The summed E-state index contributed by atoms with van der Waals surface area (Å²) in [5.74, 6) is 0. The van der Waals surface area contributed by atoms with Gasteiger partial charge in [-0.15, -0.1) is 0 Å². The van der Waals surface area contributed by atoms with Gasteiger partial charge in [-0.3, -0.25) is 0 Å². The molecule has 0 aliphatic heterocycles. The number of alkyl halides is 1. The molecule has 2 atom stereocenters. The van der Waals surface area contributed by atoms with Crippen molar-refractivity contribution in [3.63, 3.8) is 0 Å². The molecule has 0 bridgehead atoms. The van der Waals surface area contributed by atoms with E-state index in [2.05, 4.69) is 53.2 Å². The summed E-state index contributed by atoms with van der Waals surface area (Å²) in [7, 11) is 0. The molecule has 0 aromatic heterocycles. The molecule has 1 fully saturated rings. The first-order valence-electron chi connectivity index (χ1n) is 4.39. The lowest BCUT2D eigenvalue weighted by Crippen LogP contribution is -2.02. The summed E-state index contributed by atoms with van der Waals surface area (Å²) < 4.78 is 0. The Morgan fingerprint density at radius 3 is 2.50 bits per heavy atom. The molecule has 0 radical (unpaired) electrons. The summed E-state index contributed by atoms with van der Waals surface area (Å²) in [6.45, 7) is 2.35. The van der Waals surface area contributed by atoms with E-state index >= 15 is 0 Å². The lowest BCUT2D eigenvalue weighted by atomic mass is 9.99. The third-order valence-corrected chi connectivity index (χ3v) is 4.12. The van der Waals surface area contributed by atoms with Gasteiger partial charge in [-0.2, -0.15) is 0 Å². The van der Waals surface area contributed by atoms with Crippen LogP contribution in [-0.4, -0.2) is 4.83 Å². The Balaban J connectivity index is 2.06. The van der Waals surface area contributed by atoms with Gasteiger partial charge >= 0.3 is 0 Å². The van der Waals surface area contributed by atoms with Crippen molar-refractivity contribution < 1.29 is 0 Å². The minimum Gasteiger partial charge on any atom is -0.0884 e. The number of hydrogen-bond acceptors (Lipinski definition) is 0. The van der Waals surface area contributed by atoms with E-state index < -0.39 is 0 Å². The van der Waals surface area contributed by atoms with Crippen LogP contribution in [0.1, 0.15) is 18.9 Å². The molecule has 0 spiro atoms. The van der Waals surface area contributed by atoms with Gasteiger partial charge in [0, 0.05) is 4.83 Å². The van der Waals surface area contributed by atoms with Gasteiger partial charge in [0.25, 0.3) is 0 Å². The third kappa shape index (κ3) is 1.56. The van der Waals surface area contributed by atoms with Gasteiger partial charge < -0.3 is 0 Å². The fourth-order valence-electron chi connectivity index (χ4n) is 1.60. The molecule has 12 heavy (non-hydrogen) atoms. The molecule has 1 heteroatoms. The van der Waals surface area contributed by atoms with Crippen molar-refractivity contribution in [2.45, 2.75) is 24.6 Å². The topological polar surface area (TPSA) is 0 Å². The van der Waals surface area contributed by atoms with Crippen LogP contribution in [0.4, 0.5) is 0 Å². The molecular formula is C11H13Br. The number of rotatable bonds is 2. The van der Waals surface area contributed by atoms with Gasteiger partial charge in [-0.25, -0.2) is 0 Å². The monoisotopic (exact) mass is 224 g/mol. The molecule has 64 valence electrons. The Kier molecular flexibility index (Phi) is 1.99. The number of halogens is 1. The van der Waals surface area contributed by atoms with Crippen LogP contribution < -0.4 is 0 Å². The molecule has 0 unspecified atom stereocenters. The number of benzene rings is 1. The molecular weight excluding hydrogens is 212 g/mol. The second-order valence-corrected chi connectivity index (χ2v) is 5.09. The standard InChI is InChI=1S/C11H13Br/c1-11(8-10(11)12)7-9-5-3-2-4-6-9/h2-6,10H,7-8H2,1H3/t10-,11+/m0/s1. The molecule has 1 aromatic carbocycles. The molecule has 0 amide bonds. The maximum absolute atomic E-state index is 3.66. The van der Waals surface area contributed by atoms with Crippen LogP contribution in [0.5, 0.6) is 0 Å². The van der Waals surface area contributed by atoms with Crippen LogP contribution in [0, 0.1) is 5.41 Å². The van der Waals surface area contributed by atoms with Crippen LogP contribution in [0.15, 0.2) is 30.3 Å². The summed E-state index contributed by atoms with van der Waals surface area (Å²) in [6.07, 6.45) is 2.53. The minimum absolute atomic E-state index is 0.529. The Labute approximate surface area is 82.1 Å². The van der Waals surface area contributed by atoms with Crippen molar-refractivity contribution in [1.82, 2.24) is 0 Å². The number of hydrogen-bond donors (Lipinski definition) is 0. The van der Waals surface area contributed by atoms with Crippen molar-refractivity contribution in [3.05, 3.63) is 35.9 Å². The lowest BCUT2D eigenvalue weighted by molar-refractivity contribution is 0.576. The Hall–Kier alpha value is -0.300. The van der Waals surface area contributed by atoms with Gasteiger partial charge in [-0.05, 0) is 23.8 Å². The highest BCUT2D eigenvalue weighted by atomic mass is 79.9. The van der Waals surface area contributed by atoms with Crippen LogP contribution in [0.3, 0.4) is 0 Å². The zero-order valence-corrected chi connectivity index (χ0v) is 8.84. The lowest BCUT2D eigenvalue weighted by Gasteiger charge is -2.08. The quantitative estimate of drug-likeness (QED) is 0.676. The average molecular weight is 225 g/mol. The van der Waals surface area contributed by atoms with Crippen LogP contribution in [0.2, 0.25) is 0 Å². The van der Waals surface area contributed by atoms with E-state index in [0.717, 1.165) is 4.83 Å². The molecule has 2 rings (SSSR count). The maximum atomic E-state index is 3.66. The second-order valence-electron chi connectivity index (χ2n) is 3.99. The van der Waals surface area contributed by atoms with E-state index in [1.54, 1.807) is 0 Å². The zero-order chi connectivity index (χ0) is 8.60. The van der Waals surface area contributed by atoms with Crippen LogP contribution in [-0.2, 0) is 6.42 Å². The first-order valence-corrected chi connectivity index (χ1v) is 5.30. The van der Waals surface area contributed by atoms with E-state index in [0.29, 0.717) is 5.41 Å². The highest BCUT2D eigenvalue weighted by Gasteiger charge is 2.47. The smallest absolute Gasteiger partial charge is 0.0208 e. The van der Waals surface area contributed by atoms with Gasteiger partial charge in [0.05, 0.1) is 0 Å². The average Bonchev–Trinajstić information content (AvgIpc) is 2.61. The largest absolute Gasteiger partial charge is 0.0884 e. The summed E-state index contributed by atoms with van der Waals surface area (Å²) in [6, 6.07) is 10.7. The molecule has 1 saturated carbocycles. The Bertz CT molecular complexity index is 268. The van der Waals surface area contributed by atoms with Crippen molar-refractivity contribution in [2.75, 3.05) is 0 Å². The van der Waals surface area contributed by atoms with Crippen molar-refractivity contribution in [1.29, 1.82) is 0 Å². The third-order valence-electron chi connectivity index (χ3n) is 2.69. The first-order chi connectivity index (χ1) is 5.71. The normalized spacial score (nSPS) is 33.3. The summed E-state index contributed by atoms with van der Waals surface area (Å²) in [4.78, 5) is 0.741. The SMILES string of the molecule is C[C@@]1(Cc2ccccc2)C[C@@H]1Br. The molecule has 1 aliphatic carbocycles. The van der Waals surface area contributed by atoms with E-state index in [1.807, 2.05) is 0 Å². The first kappa shape index (κ1) is 8.31. The highest BCUT2D eigenvalue weighted by Crippen LogP contribution is 2.53. The van der Waals surface area contributed by atoms with Gasteiger partial charge in [0.1, 0.15) is 0 Å². The molecule has 0 saturated heterocycles. The Morgan fingerprint density at radius 1 is 1.42 bits per heavy atom. The van der Waals surface area contributed by atoms with Crippen LogP contribution >= 0.6 is 15.9 Å². The highest BCUT2D eigenvalue weighted by molar-refractivity contribution is 9.09. The van der Waals surface area contributed by atoms with Gasteiger partial charge in [0.2, 0.25) is 0 Å². The van der Waals surface area contributed by atoms with Gasteiger partial charge in [-0.1, -0.05) is 53.2 Å². The van der Waals surface area contributed by atoms with Gasteiger partial charge in [0.15, 0.2) is 0 Å². The molecule has 0 nitrogen and oxygen atoms in total. The Morgan fingerprint density at radius 2 is 2.00 bits per heavy atom. The molecule has 1 aliphatic rings. The van der Waals surface area contributed by atoms with Crippen LogP contribution in [0.25, 0.3) is 0 Å². The fourth-order valence-corrected chi connectivity index (χ4v) is 2.50. The second kappa shape index (κ2) is 2.88. The predicted molar refractivity (Wildman–Crippen MR) is 55.6 cm³/mol. The summed E-state index contributed by atoms with van der Waals surface area (Å²) in [5, 5.41) is 0. The van der Waals surface area contributed by atoms with Crippen molar-refractivity contribution >= 4 is 15.9 Å². The summed E-state index contributed by atoms with van der Waals surface area (Å²) >= 11 is 3.66. The van der Waals surface area contributed by atoms with E-state index in [1.165, 1.54) is 18.4 Å². The minimum atomic E-state index is 0.529. The summed E-state index contributed by atoms with van der Waals surface area (Å²) in [5.41, 5.74) is 1.99. The fraction of sp³-hybridized carbons (Fsp3) is 0.455. The molecule has 0 heterocycles. The molecule has 1 aromatic rings. The predicted octanol–water partition coefficient (Wildman–Crippen LogP) is 3.40. The van der Waals surface area contributed by atoms with E-state index in [-0.39, 0.29) is 0 Å². The molecule has 0 N–H and O–H groups in total. The van der Waals surface area contributed by atoms with Crippen molar-refractivity contribution in [2.24, 2.45) is 5.41 Å². The van der Waals surface area contributed by atoms with Crippen molar-refractivity contribution in [3.8, 4) is 0 Å².